The van der Waals surface area contributed by atoms with Crippen LogP contribution in [0.25, 0.3) is 0 Å². The number of carboxylic acid groups (broad SMARTS) is 1. The van der Waals surface area contributed by atoms with Gasteiger partial charge in [-0.05, 0) is 59.7 Å². The molecule has 0 atom stereocenters. The fourth-order valence-corrected chi connectivity index (χ4v) is 2.71. The van der Waals surface area contributed by atoms with E-state index in [0.717, 1.165) is 6.07 Å². The highest BCUT2D eigenvalue weighted by Crippen LogP contribution is 2.27. The minimum Gasteiger partial charge on any atom is -0.478 e. The molecule has 2 amide bonds. The summed E-state index contributed by atoms with van der Waals surface area (Å²) in [6.45, 7) is 9.78. The molecular formula is C24H24ClFN2O6. The van der Waals surface area contributed by atoms with Gasteiger partial charge in [-0.1, -0.05) is 29.5 Å². The van der Waals surface area contributed by atoms with Crippen molar-refractivity contribution in [2.75, 3.05) is 4.90 Å². The minimum atomic E-state index is -1.42. The van der Waals surface area contributed by atoms with Crippen molar-refractivity contribution in [3.63, 3.8) is 0 Å². The number of halogens is 2. The molecule has 180 valence electrons. The fourth-order valence-electron chi connectivity index (χ4n) is 2.46. The molecule has 10 heteroatoms. The summed E-state index contributed by atoms with van der Waals surface area (Å²) in [6.07, 6.45) is -0.861. The third-order valence-electron chi connectivity index (χ3n) is 3.76. The van der Waals surface area contributed by atoms with Crippen LogP contribution in [0.5, 0.6) is 0 Å². The van der Waals surface area contributed by atoms with Crippen molar-refractivity contribution in [1.82, 2.24) is 4.98 Å². The van der Waals surface area contributed by atoms with E-state index in [1.807, 2.05) is 0 Å². The molecule has 0 fully saturated rings. The van der Waals surface area contributed by atoms with E-state index in [2.05, 4.69) is 16.8 Å². The van der Waals surface area contributed by atoms with Crippen molar-refractivity contribution in [3.05, 3.63) is 58.0 Å². The van der Waals surface area contributed by atoms with Crippen LogP contribution in [-0.2, 0) is 9.47 Å². The number of carbonyl (C=O) groups is 3. The van der Waals surface area contributed by atoms with Crippen molar-refractivity contribution in [2.24, 2.45) is 0 Å². The van der Waals surface area contributed by atoms with Crippen LogP contribution in [-0.4, -0.2) is 39.4 Å². The lowest BCUT2D eigenvalue weighted by molar-refractivity contribution is 0.0428. The fraction of sp³-hybridized carbons (Fsp3) is 0.333. The highest BCUT2D eigenvalue weighted by Gasteiger charge is 2.34. The molecule has 0 radical (unpaired) electrons. The monoisotopic (exact) mass is 490 g/mol. The predicted molar refractivity (Wildman–Crippen MR) is 124 cm³/mol. The molecule has 2 rings (SSSR count). The first kappa shape index (κ1) is 26.6. The van der Waals surface area contributed by atoms with Gasteiger partial charge in [0.2, 0.25) is 0 Å². The van der Waals surface area contributed by atoms with Crippen LogP contribution in [0.15, 0.2) is 30.5 Å². The van der Waals surface area contributed by atoms with E-state index in [1.165, 1.54) is 24.4 Å². The topological polar surface area (TPSA) is 106 Å². The van der Waals surface area contributed by atoms with Gasteiger partial charge in [0.25, 0.3) is 0 Å². The van der Waals surface area contributed by atoms with Gasteiger partial charge in [-0.25, -0.2) is 23.8 Å². The molecule has 0 aliphatic heterocycles. The summed E-state index contributed by atoms with van der Waals surface area (Å²) in [5.74, 6) is 2.52. The van der Waals surface area contributed by atoms with E-state index in [9.17, 15) is 18.8 Å². The number of aromatic nitrogens is 1. The first-order valence-corrected chi connectivity index (χ1v) is 10.4. The summed E-state index contributed by atoms with van der Waals surface area (Å²) in [7, 11) is 0. The number of carboxylic acids is 1. The predicted octanol–water partition coefficient (Wildman–Crippen LogP) is 5.65. The minimum absolute atomic E-state index is 0.122. The molecule has 34 heavy (non-hydrogen) atoms. The number of aromatic carboxylic acids is 1. The summed E-state index contributed by atoms with van der Waals surface area (Å²) in [4.78, 5) is 41.2. The molecular weight excluding hydrogens is 467 g/mol. The summed E-state index contributed by atoms with van der Waals surface area (Å²) in [5.41, 5.74) is -2.25. The molecule has 1 aromatic carbocycles. The van der Waals surface area contributed by atoms with Crippen molar-refractivity contribution in [3.8, 4) is 11.8 Å². The molecule has 1 heterocycles. The van der Waals surface area contributed by atoms with Crippen LogP contribution in [0.3, 0.4) is 0 Å². The third-order valence-corrected chi connectivity index (χ3v) is 4.03. The molecule has 0 unspecified atom stereocenters. The van der Waals surface area contributed by atoms with Crippen LogP contribution >= 0.6 is 11.6 Å². The number of hydrogen-bond donors (Lipinski definition) is 1. The van der Waals surface area contributed by atoms with Crippen LogP contribution in [0.2, 0.25) is 5.02 Å². The SMILES string of the molecule is CC(C)(C)OC(=O)N(C(=O)OC(C)(C)C)c1ncc(C#Cc2cccc(C(=O)O)c2F)cc1Cl. The first-order valence-electron chi connectivity index (χ1n) is 10.0. The van der Waals surface area contributed by atoms with Gasteiger partial charge >= 0.3 is 18.2 Å². The lowest BCUT2D eigenvalue weighted by Gasteiger charge is -2.28. The van der Waals surface area contributed by atoms with Gasteiger partial charge in [0.15, 0.2) is 11.6 Å². The lowest BCUT2D eigenvalue weighted by Crippen LogP contribution is -2.44. The van der Waals surface area contributed by atoms with Gasteiger partial charge in [0, 0.05) is 11.8 Å². The maximum absolute atomic E-state index is 14.3. The summed E-state index contributed by atoms with van der Waals surface area (Å²) in [5, 5.41) is 8.91. The number of hydrogen-bond acceptors (Lipinski definition) is 6. The second kappa shape index (κ2) is 10.1. The number of ether oxygens (including phenoxy) is 2. The zero-order valence-electron chi connectivity index (χ0n) is 19.5. The maximum atomic E-state index is 14.3. The van der Waals surface area contributed by atoms with Gasteiger partial charge in [-0.3, -0.25) is 0 Å². The Morgan fingerprint density at radius 3 is 2.06 bits per heavy atom. The number of pyridine rings is 1. The van der Waals surface area contributed by atoms with Gasteiger partial charge < -0.3 is 14.6 Å². The molecule has 1 N–H and O–H groups in total. The molecule has 0 saturated carbocycles. The molecule has 0 saturated heterocycles. The number of rotatable bonds is 2. The van der Waals surface area contributed by atoms with Gasteiger partial charge in [-0.15, -0.1) is 0 Å². The number of amides is 2. The molecule has 0 aliphatic rings. The zero-order chi connectivity index (χ0) is 25.8. The van der Waals surface area contributed by atoms with Crippen molar-refractivity contribution >= 4 is 35.6 Å². The van der Waals surface area contributed by atoms with Crippen LogP contribution < -0.4 is 4.90 Å². The Labute approximate surface area is 201 Å². The Hall–Kier alpha value is -3.64. The zero-order valence-corrected chi connectivity index (χ0v) is 20.3. The average Bonchev–Trinajstić information content (AvgIpc) is 2.66. The Balaban J connectivity index is 2.45. The standard InChI is InChI=1S/C24H24ClFN2O6/c1-23(2,3)33-21(31)28(22(32)34-24(4,5)6)19-17(25)12-14(13-27-19)10-11-15-8-7-9-16(18(15)26)20(29)30/h7-9,12-13H,1-6H3,(H,29,30). The average molecular weight is 491 g/mol. The van der Waals surface area contributed by atoms with E-state index in [-0.39, 0.29) is 22.0 Å². The summed E-state index contributed by atoms with van der Waals surface area (Å²) in [6, 6.07) is 5.13. The van der Waals surface area contributed by atoms with E-state index in [0.29, 0.717) is 4.90 Å². The van der Waals surface area contributed by atoms with Gasteiger partial charge in [0.1, 0.15) is 11.2 Å². The third kappa shape index (κ3) is 7.18. The second-order valence-electron chi connectivity index (χ2n) is 9.05. The normalized spacial score (nSPS) is 11.2. The Kier molecular flexibility index (Phi) is 7.90. The molecule has 1 aromatic heterocycles. The smallest absolute Gasteiger partial charge is 0.425 e. The maximum Gasteiger partial charge on any atom is 0.425 e. The number of benzene rings is 1. The highest BCUT2D eigenvalue weighted by atomic mass is 35.5. The van der Waals surface area contributed by atoms with Crippen LogP contribution in [0.1, 0.15) is 63.0 Å². The van der Waals surface area contributed by atoms with E-state index < -0.39 is 40.7 Å². The Morgan fingerprint density at radius 2 is 1.59 bits per heavy atom. The number of imide groups is 1. The first-order chi connectivity index (χ1) is 15.6. The highest BCUT2D eigenvalue weighted by molar-refractivity contribution is 6.34. The molecule has 0 aliphatic carbocycles. The largest absolute Gasteiger partial charge is 0.478 e. The van der Waals surface area contributed by atoms with Gasteiger partial charge in [0.05, 0.1) is 16.1 Å². The molecule has 8 nitrogen and oxygen atoms in total. The summed E-state index contributed by atoms with van der Waals surface area (Å²) >= 11 is 6.30. The van der Waals surface area contributed by atoms with Crippen LogP contribution in [0, 0.1) is 17.7 Å². The van der Waals surface area contributed by atoms with E-state index in [1.54, 1.807) is 41.5 Å². The second-order valence-corrected chi connectivity index (χ2v) is 9.45. The van der Waals surface area contributed by atoms with E-state index in [4.69, 9.17) is 26.2 Å². The number of nitrogens with zero attached hydrogens (tertiary/aromatic N) is 2. The molecule has 2 aromatic rings. The van der Waals surface area contributed by atoms with Crippen molar-refractivity contribution < 1.29 is 33.4 Å². The molecule has 0 bridgehead atoms. The van der Waals surface area contributed by atoms with Crippen molar-refractivity contribution in [2.45, 2.75) is 52.7 Å². The molecule has 0 spiro atoms. The number of carbonyl (C=O) groups excluding carboxylic acids is 2. The number of anilines is 1. The Bertz CT molecular complexity index is 1160. The summed E-state index contributed by atoms with van der Waals surface area (Å²) < 4.78 is 24.9. The van der Waals surface area contributed by atoms with Crippen LogP contribution in [0.4, 0.5) is 19.8 Å². The van der Waals surface area contributed by atoms with Gasteiger partial charge in [-0.2, -0.15) is 4.90 Å². The van der Waals surface area contributed by atoms with Crippen molar-refractivity contribution in [1.29, 1.82) is 0 Å². The lowest BCUT2D eigenvalue weighted by atomic mass is 10.1. The Morgan fingerprint density at radius 1 is 1.03 bits per heavy atom. The quantitative estimate of drug-likeness (QED) is 0.542. The van der Waals surface area contributed by atoms with E-state index >= 15 is 0 Å².